The largest absolute Gasteiger partial charge is 1.00 e. The Bertz CT molecular complexity index is 1960. The van der Waals surface area contributed by atoms with Gasteiger partial charge in [0.1, 0.15) is 4.70 Å². The van der Waals surface area contributed by atoms with Crippen molar-refractivity contribution >= 4 is 65.2 Å². The number of hydrogen-bond donors (Lipinski definition) is 0. The van der Waals surface area contributed by atoms with Crippen LogP contribution in [-0.2, 0) is 26.8 Å². The fourth-order valence-electron chi connectivity index (χ4n) is 5.02. The minimum absolute atomic E-state index is 0. The van der Waals surface area contributed by atoms with Gasteiger partial charge in [0.25, 0.3) is 5.01 Å². The molecule has 14 heteroatoms. The zero-order valence-electron chi connectivity index (χ0n) is 24.8. The number of thiazole rings is 1. The molecule has 45 heavy (non-hydrogen) atoms. The Morgan fingerprint density at radius 2 is 1.67 bits per heavy atom. The van der Waals surface area contributed by atoms with Gasteiger partial charge in [0.2, 0.25) is 11.4 Å². The van der Waals surface area contributed by atoms with E-state index in [2.05, 4.69) is 0 Å². The first-order valence-electron chi connectivity index (χ1n) is 14.0. The number of aromatic nitrogens is 1. The molecule has 0 aliphatic carbocycles. The Hall–Kier alpha value is -2.26. The van der Waals surface area contributed by atoms with Gasteiger partial charge in [-0.05, 0) is 53.8 Å². The third-order valence-electron chi connectivity index (χ3n) is 7.11. The average molecular weight is 697 g/mol. The van der Waals surface area contributed by atoms with E-state index in [4.69, 9.17) is 16.3 Å². The monoisotopic (exact) mass is 696 g/mol. The molecule has 0 fully saturated rings. The summed E-state index contributed by atoms with van der Waals surface area (Å²) in [5, 5.41) is 1.38. The molecule has 4 aromatic rings. The molecular weight excluding hydrogens is 667 g/mol. The van der Waals surface area contributed by atoms with E-state index in [1.807, 2.05) is 89.2 Å². The number of ether oxygens (including phenoxy) is 1. The number of halogens is 1. The molecule has 0 unspecified atom stereocenters. The number of aryl methyl sites for hydroxylation is 1. The number of nitrogens with zero attached hydrogens (tertiary/aromatic N) is 2. The molecule has 2 heterocycles. The van der Waals surface area contributed by atoms with E-state index in [1.165, 1.54) is 11.3 Å². The van der Waals surface area contributed by atoms with E-state index >= 15 is 0 Å². The molecule has 0 amide bonds. The number of hydrogen-bond acceptors (Lipinski definition) is 9. The van der Waals surface area contributed by atoms with Crippen LogP contribution in [-0.4, -0.2) is 44.0 Å². The smallest absolute Gasteiger partial charge is 0.748 e. The zero-order chi connectivity index (χ0) is 31.5. The summed E-state index contributed by atoms with van der Waals surface area (Å²) in [5.41, 5.74) is 4.47. The summed E-state index contributed by atoms with van der Waals surface area (Å²) in [6, 6.07) is 21.2. The Kier molecular flexibility index (Phi) is 11.9. The normalized spacial score (nSPS) is 14.4. The Morgan fingerprint density at radius 3 is 2.36 bits per heavy atom. The topological polar surface area (TPSA) is 131 Å². The third kappa shape index (κ3) is 9.40. The molecule has 5 rings (SSSR count). The molecule has 9 nitrogen and oxygen atoms in total. The number of rotatable bonds is 12. The van der Waals surface area contributed by atoms with E-state index in [-0.39, 0.29) is 48.9 Å². The second-order valence-corrected chi connectivity index (χ2v) is 14.8. The number of fused-ring (bicyclic) bond motifs is 2. The maximum Gasteiger partial charge on any atom is 1.00 e. The van der Waals surface area contributed by atoms with Crippen molar-refractivity contribution in [1.29, 1.82) is 0 Å². The summed E-state index contributed by atoms with van der Waals surface area (Å²) in [7, 11) is -8.74. The maximum atomic E-state index is 11.4. The van der Waals surface area contributed by atoms with E-state index in [9.17, 15) is 25.9 Å². The number of benzene rings is 3. The van der Waals surface area contributed by atoms with Gasteiger partial charge in [-0.15, -0.1) is 0 Å². The van der Waals surface area contributed by atoms with Crippen LogP contribution in [0.5, 0.6) is 5.75 Å². The van der Waals surface area contributed by atoms with Crippen molar-refractivity contribution in [2.75, 3.05) is 23.0 Å². The van der Waals surface area contributed by atoms with Gasteiger partial charge in [0.15, 0.2) is 12.3 Å². The van der Waals surface area contributed by atoms with Crippen molar-refractivity contribution in [1.82, 2.24) is 0 Å². The SMILES string of the molecule is CCC(=Cc1sc2ccc(Cl)cc2[n+]1CCCS(=O)(=O)[O-])C=C1Oc2ccc(-c3ccccc3)cc2N1CCCS(=O)(=O)[O-].[Na+]. The van der Waals surface area contributed by atoms with Crippen molar-refractivity contribution in [2.24, 2.45) is 0 Å². The zero-order valence-corrected chi connectivity index (χ0v) is 30.0. The Labute approximate surface area is 294 Å². The van der Waals surface area contributed by atoms with Crippen LogP contribution in [0.25, 0.3) is 27.4 Å². The molecule has 1 aliphatic rings. The predicted molar refractivity (Wildman–Crippen MR) is 172 cm³/mol. The van der Waals surface area contributed by atoms with Gasteiger partial charge in [-0.25, -0.2) is 16.8 Å². The number of anilines is 1. The van der Waals surface area contributed by atoms with Gasteiger partial charge in [-0.3, -0.25) is 0 Å². The van der Waals surface area contributed by atoms with Gasteiger partial charge in [-0.1, -0.05) is 66.3 Å². The minimum atomic E-state index is -4.38. The van der Waals surface area contributed by atoms with Crippen LogP contribution in [0.15, 0.2) is 84.3 Å². The van der Waals surface area contributed by atoms with Crippen molar-refractivity contribution in [3.8, 4) is 16.9 Å². The van der Waals surface area contributed by atoms with Gasteiger partial charge < -0.3 is 18.7 Å². The molecule has 0 spiro atoms. The van der Waals surface area contributed by atoms with Crippen LogP contribution in [0.1, 0.15) is 31.2 Å². The Balaban J connectivity index is 0.00000461. The summed E-state index contributed by atoms with van der Waals surface area (Å²) in [5.74, 6) is 0.137. The van der Waals surface area contributed by atoms with Crippen molar-refractivity contribution < 1.29 is 64.8 Å². The van der Waals surface area contributed by atoms with Gasteiger partial charge >= 0.3 is 29.6 Å². The first-order chi connectivity index (χ1) is 20.9. The molecule has 0 atom stereocenters. The second kappa shape index (κ2) is 15.1. The van der Waals surface area contributed by atoms with Gasteiger partial charge in [0, 0.05) is 47.7 Å². The molecule has 0 saturated carbocycles. The molecule has 0 N–H and O–H groups in total. The van der Waals surface area contributed by atoms with Crippen molar-refractivity contribution in [3.05, 3.63) is 94.3 Å². The predicted octanol–water partition coefficient (Wildman–Crippen LogP) is 2.92. The summed E-state index contributed by atoms with van der Waals surface area (Å²) in [4.78, 5) is 1.88. The summed E-state index contributed by atoms with van der Waals surface area (Å²) in [6.45, 7) is 2.55. The average Bonchev–Trinajstić information content (AvgIpc) is 3.48. The Morgan fingerprint density at radius 1 is 0.956 bits per heavy atom. The third-order valence-corrected chi connectivity index (χ3v) is 10.0. The van der Waals surface area contributed by atoms with Crippen LogP contribution in [0.4, 0.5) is 5.69 Å². The molecule has 3 aromatic carbocycles. The van der Waals surface area contributed by atoms with E-state index < -0.39 is 31.7 Å². The van der Waals surface area contributed by atoms with E-state index in [0.29, 0.717) is 29.6 Å². The molecule has 1 aliphatic heterocycles. The van der Waals surface area contributed by atoms with Crippen molar-refractivity contribution in [3.63, 3.8) is 0 Å². The van der Waals surface area contributed by atoms with Crippen LogP contribution in [0, 0.1) is 0 Å². The second-order valence-electron chi connectivity index (χ2n) is 10.3. The molecule has 0 bridgehead atoms. The van der Waals surface area contributed by atoms with E-state index in [0.717, 1.165) is 37.6 Å². The molecule has 0 saturated heterocycles. The van der Waals surface area contributed by atoms with Crippen LogP contribution >= 0.6 is 22.9 Å². The maximum absolute atomic E-state index is 11.4. The molecule has 1 aromatic heterocycles. The molecule has 232 valence electrons. The molecular formula is C31H30ClN2NaO7S3. The number of allylic oxidation sites excluding steroid dienone is 2. The minimum Gasteiger partial charge on any atom is -0.748 e. The summed E-state index contributed by atoms with van der Waals surface area (Å²) in [6.07, 6.45) is 4.76. The first kappa shape index (κ1) is 35.6. The fourth-order valence-corrected chi connectivity index (χ4v) is 7.30. The standard InChI is InChI=1S/C31H31ClN2O7S3.Na/c1-2-22(19-31-34(15-7-17-44(38,39)40)27-21-25(32)11-13-29(27)42-31)18-30-33(14-6-16-43(35,36)37)26-20-24(10-12-28(26)41-30)23-8-4-3-5-9-23;/h3-5,8-13,18-21H,2,6-7,14-17H2,1H3,(H-,35,36,37,38,39,40);/q;+1/p-1. The van der Waals surface area contributed by atoms with Crippen LogP contribution in [0.3, 0.4) is 0 Å². The van der Waals surface area contributed by atoms with E-state index in [1.54, 1.807) is 6.07 Å². The fraction of sp³-hybridized carbons (Fsp3) is 0.258. The summed E-state index contributed by atoms with van der Waals surface area (Å²) < 4.78 is 77.1. The van der Waals surface area contributed by atoms with Gasteiger partial charge in [-0.2, -0.15) is 4.57 Å². The quantitative estimate of drug-likeness (QED) is 0.126. The van der Waals surface area contributed by atoms with Crippen LogP contribution < -0.4 is 43.8 Å². The first-order valence-corrected chi connectivity index (χ1v) is 18.3. The van der Waals surface area contributed by atoms with Crippen LogP contribution in [0.2, 0.25) is 5.02 Å². The summed E-state index contributed by atoms with van der Waals surface area (Å²) >= 11 is 7.79. The molecule has 0 radical (unpaired) electrons. The van der Waals surface area contributed by atoms with Gasteiger partial charge in [0.05, 0.1) is 25.9 Å². The van der Waals surface area contributed by atoms with Crippen molar-refractivity contribution in [2.45, 2.75) is 32.7 Å².